The molecular formula is C44H49N9O4. The number of nitrogens with one attached hydrogen (secondary N) is 1. The fraction of sp³-hybridized carbons (Fsp3) is 0.432. The van der Waals surface area contributed by atoms with E-state index in [0.29, 0.717) is 37.3 Å². The normalized spacial score (nSPS) is 24.0. The first-order valence-corrected chi connectivity index (χ1v) is 20.6. The number of carbonyl (C=O) groups excluding carboxylic acids is 2. The van der Waals surface area contributed by atoms with E-state index in [1.807, 2.05) is 54.6 Å². The first kappa shape index (κ1) is 36.0. The number of para-hydroxylation sites is 1. The number of nitrogens with two attached hydrogens (primary N) is 1. The lowest BCUT2D eigenvalue weighted by Gasteiger charge is -2.48. The van der Waals surface area contributed by atoms with Crippen LogP contribution in [0.15, 0.2) is 79.1 Å². The van der Waals surface area contributed by atoms with Crippen LogP contribution >= 0.6 is 0 Å². The molecule has 6 heterocycles. The van der Waals surface area contributed by atoms with E-state index in [2.05, 4.69) is 52.9 Å². The Bertz CT molecular complexity index is 2260. The molecule has 1 saturated carbocycles. The lowest BCUT2D eigenvalue weighted by atomic mass is 9.86. The van der Waals surface area contributed by atoms with E-state index in [4.69, 9.17) is 20.3 Å². The zero-order valence-electron chi connectivity index (χ0n) is 32.1. The summed E-state index contributed by atoms with van der Waals surface area (Å²) in [5.74, 6) is 2.57. The molecule has 5 aliphatic rings. The molecule has 3 saturated heterocycles. The van der Waals surface area contributed by atoms with Gasteiger partial charge < -0.3 is 20.1 Å². The molecule has 3 aromatic carbocycles. The summed E-state index contributed by atoms with van der Waals surface area (Å²) < 4.78 is 14.6. The largest absolute Gasteiger partial charge is 0.488 e. The number of ether oxygens (including phenoxy) is 2. The number of hydrogen-bond donors (Lipinski definition) is 2. The van der Waals surface area contributed by atoms with Crippen molar-refractivity contribution in [1.29, 1.82) is 0 Å². The minimum atomic E-state index is -0.244. The highest BCUT2D eigenvalue weighted by molar-refractivity contribution is 6.00. The fourth-order valence-electron chi connectivity index (χ4n) is 9.80. The van der Waals surface area contributed by atoms with E-state index in [1.165, 1.54) is 36.8 Å². The topological polar surface area (TPSA) is 144 Å². The number of aromatic nitrogens is 4. The summed E-state index contributed by atoms with van der Waals surface area (Å²) in [4.78, 5) is 40.6. The molecule has 3 N–H and O–H groups in total. The number of benzene rings is 3. The van der Waals surface area contributed by atoms with Crippen molar-refractivity contribution in [3.63, 3.8) is 0 Å². The van der Waals surface area contributed by atoms with Gasteiger partial charge >= 0.3 is 0 Å². The third kappa shape index (κ3) is 7.24. The van der Waals surface area contributed by atoms with Gasteiger partial charge in [0.15, 0.2) is 5.65 Å². The molecule has 57 heavy (non-hydrogen) atoms. The van der Waals surface area contributed by atoms with Crippen molar-refractivity contribution in [1.82, 2.24) is 39.8 Å². The molecule has 2 aromatic heterocycles. The maximum Gasteiger partial charge on any atom is 0.243 e. The molecule has 1 atom stereocenters. The number of nitrogens with zero attached hydrogens (tertiary/aromatic N) is 7. The highest BCUT2D eigenvalue weighted by Crippen LogP contribution is 2.38. The minimum Gasteiger partial charge on any atom is -0.488 e. The van der Waals surface area contributed by atoms with Crippen LogP contribution in [0.3, 0.4) is 0 Å². The Hall–Kier alpha value is -5.37. The quantitative estimate of drug-likeness (QED) is 0.178. The number of carbonyl (C=O) groups is 2. The molecule has 1 aliphatic carbocycles. The van der Waals surface area contributed by atoms with Gasteiger partial charge in [-0.3, -0.25) is 24.7 Å². The van der Waals surface area contributed by atoms with Crippen LogP contribution < -0.4 is 20.5 Å². The molecule has 13 heteroatoms. The van der Waals surface area contributed by atoms with Crippen molar-refractivity contribution >= 4 is 28.7 Å². The zero-order valence-corrected chi connectivity index (χ0v) is 32.1. The van der Waals surface area contributed by atoms with E-state index in [1.54, 1.807) is 6.33 Å². The summed E-state index contributed by atoms with van der Waals surface area (Å²) in [5.41, 5.74) is 11.5. The molecular weight excluding hydrogens is 719 g/mol. The number of hydrogen-bond acceptors (Lipinski definition) is 11. The van der Waals surface area contributed by atoms with Crippen LogP contribution in [-0.2, 0) is 22.7 Å². The Kier molecular flexibility index (Phi) is 9.59. The molecule has 1 unspecified atom stereocenters. The lowest BCUT2D eigenvalue weighted by Crippen LogP contribution is -2.59. The van der Waals surface area contributed by atoms with Crippen LogP contribution in [0.2, 0.25) is 0 Å². The van der Waals surface area contributed by atoms with Crippen LogP contribution in [-0.4, -0.2) is 96.7 Å². The van der Waals surface area contributed by atoms with Gasteiger partial charge in [-0.05, 0) is 105 Å². The third-order valence-corrected chi connectivity index (χ3v) is 12.9. The van der Waals surface area contributed by atoms with Crippen LogP contribution in [0.4, 0.5) is 5.82 Å². The van der Waals surface area contributed by atoms with E-state index in [9.17, 15) is 9.59 Å². The number of imide groups is 1. The highest BCUT2D eigenvalue weighted by Gasteiger charge is 2.39. The first-order valence-electron chi connectivity index (χ1n) is 20.6. The Labute approximate surface area is 332 Å². The monoisotopic (exact) mass is 767 g/mol. The van der Waals surface area contributed by atoms with E-state index in [0.717, 1.165) is 85.1 Å². The van der Waals surface area contributed by atoms with E-state index >= 15 is 0 Å². The van der Waals surface area contributed by atoms with Gasteiger partial charge in [0, 0.05) is 63.3 Å². The van der Waals surface area contributed by atoms with Crippen LogP contribution in [0, 0.1) is 0 Å². The summed E-state index contributed by atoms with van der Waals surface area (Å²) >= 11 is 0. The SMILES string of the molecule is Nc1ncnc2c1c(-c1ccc(Oc3ccccc3)cc1)nn2C1CCN(C2CCC(N3CC(Oc4ccc5c(c4)CN(C4CCC(=O)NC4=O)C5)C3)CC2)CC1. The molecule has 13 nitrogen and oxygen atoms in total. The molecule has 0 radical (unpaired) electrons. The van der Waals surface area contributed by atoms with Crippen molar-refractivity contribution in [2.75, 3.05) is 31.9 Å². The van der Waals surface area contributed by atoms with Crippen molar-refractivity contribution in [2.24, 2.45) is 0 Å². The molecule has 294 valence electrons. The molecule has 0 spiro atoms. The standard InChI is InChI=1S/C44H49N9O4/c45-42-40-41(28-6-13-35(14-7-28)56-34-4-2-1-3-5-34)49-53(43(40)47-27-46-42)33-18-20-50(21-19-33)31-9-11-32(12-10-31)51-25-37(26-51)57-36-15-8-29-23-52(24-30(29)22-36)38-16-17-39(54)48-44(38)55/h1-8,13-15,22,27,31-33,37-38H,9-12,16-21,23-26H2,(H2,45,46,47)(H,48,54,55). The molecule has 0 bridgehead atoms. The fourth-order valence-corrected chi connectivity index (χ4v) is 9.80. The molecule has 4 aliphatic heterocycles. The number of rotatable bonds is 9. The number of amides is 2. The van der Waals surface area contributed by atoms with Gasteiger partial charge in [-0.1, -0.05) is 24.3 Å². The van der Waals surface area contributed by atoms with Gasteiger partial charge in [0.05, 0.1) is 17.5 Å². The van der Waals surface area contributed by atoms with Gasteiger partial charge in [-0.25, -0.2) is 14.6 Å². The summed E-state index contributed by atoms with van der Waals surface area (Å²) in [6, 6.07) is 25.4. The Morgan fingerprint density at radius 1 is 0.702 bits per heavy atom. The summed E-state index contributed by atoms with van der Waals surface area (Å²) in [6.45, 7) is 5.49. The summed E-state index contributed by atoms with van der Waals surface area (Å²) in [7, 11) is 0. The average Bonchev–Trinajstić information content (AvgIpc) is 3.83. The predicted octanol–water partition coefficient (Wildman–Crippen LogP) is 5.70. The third-order valence-electron chi connectivity index (χ3n) is 12.9. The second kappa shape index (κ2) is 15.2. The van der Waals surface area contributed by atoms with Crippen molar-refractivity contribution in [3.8, 4) is 28.5 Å². The molecule has 4 fully saturated rings. The van der Waals surface area contributed by atoms with Crippen molar-refractivity contribution in [3.05, 3.63) is 90.3 Å². The van der Waals surface area contributed by atoms with Crippen LogP contribution in [0.25, 0.3) is 22.3 Å². The molecule has 5 aromatic rings. The average molecular weight is 768 g/mol. The Balaban J connectivity index is 0.702. The number of anilines is 1. The second-order valence-electron chi connectivity index (χ2n) is 16.4. The maximum absolute atomic E-state index is 12.4. The lowest BCUT2D eigenvalue weighted by molar-refractivity contribution is -0.137. The predicted molar refractivity (Wildman–Crippen MR) is 215 cm³/mol. The summed E-state index contributed by atoms with van der Waals surface area (Å²) in [5, 5.41) is 8.45. The van der Waals surface area contributed by atoms with Crippen molar-refractivity contribution < 1.29 is 19.1 Å². The van der Waals surface area contributed by atoms with E-state index in [-0.39, 0.29) is 30.0 Å². The number of fused-ring (bicyclic) bond motifs is 2. The van der Waals surface area contributed by atoms with Crippen molar-refractivity contribution in [2.45, 2.75) is 94.7 Å². The second-order valence-corrected chi connectivity index (χ2v) is 16.4. The van der Waals surface area contributed by atoms with Gasteiger partial charge in [-0.2, -0.15) is 5.10 Å². The van der Waals surface area contributed by atoms with Crippen LogP contribution in [0.5, 0.6) is 17.2 Å². The van der Waals surface area contributed by atoms with Crippen LogP contribution in [0.1, 0.15) is 68.5 Å². The first-order chi connectivity index (χ1) is 27.9. The van der Waals surface area contributed by atoms with Gasteiger partial charge in [-0.15, -0.1) is 0 Å². The Morgan fingerprint density at radius 2 is 1.40 bits per heavy atom. The highest BCUT2D eigenvalue weighted by atomic mass is 16.5. The van der Waals surface area contributed by atoms with E-state index < -0.39 is 0 Å². The number of likely N-dealkylation sites (tertiary alicyclic amines) is 2. The maximum atomic E-state index is 12.4. The molecule has 2 amide bonds. The number of piperidine rings is 2. The number of nitrogen functional groups attached to an aromatic ring is 1. The smallest absolute Gasteiger partial charge is 0.243 e. The Morgan fingerprint density at radius 3 is 2.16 bits per heavy atom. The summed E-state index contributed by atoms with van der Waals surface area (Å²) in [6.07, 6.45) is 9.70. The molecule has 10 rings (SSSR count). The minimum absolute atomic E-state index is 0.171. The van der Waals surface area contributed by atoms with Gasteiger partial charge in [0.1, 0.15) is 41.2 Å². The van der Waals surface area contributed by atoms with Gasteiger partial charge in [0.2, 0.25) is 11.8 Å². The van der Waals surface area contributed by atoms with Gasteiger partial charge in [0.25, 0.3) is 0 Å². The zero-order chi connectivity index (χ0) is 38.5.